The van der Waals surface area contributed by atoms with E-state index >= 15 is 0 Å². The van der Waals surface area contributed by atoms with Crippen molar-refractivity contribution in [1.29, 1.82) is 0 Å². The number of hydrogen-bond donors (Lipinski definition) is 2. The molecule has 0 aromatic heterocycles. The molecule has 0 unspecified atom stereocenters. The normalized spacial score (nSPS) is 19.2. The summed E-state index contributed by atoms with van der Waals surface area (Å²) in [5.74, 6) is -0.318. The molecule has 1 aliphatic carbocycles. The Morgan fingerprint density at radius 2 is 1.50 bits per heavy atom. The first-order valence-corrected chi connectivity index (χ1v) is 4.12. The summed E-state index contributed by atoms with van der Waals surface area (Å²) in [6, 6.07) is 0. The van der Waals surface area contributed by atoms with E-state index in [1.54, 1.807) is 14.1 Å². The summed E-state index contributed by atoms with van der Waals surface area (Å²) < 4.78 is 0. The topological polar surface area (TPSA) is 58.2 Å². The van der Waals surface area contributed by atoms with E-state index in [-0.39, 0.29) is 11.8 Å². The molecule has 0 aliphatic heterocycles. The van der Waals surface area contributed by atoms with Gasteiger partial charge >= 0.3 is 0 Å². The summed E-state index contributed by atoms with van der Waals surface area (Å²) in [6.45, 7) is 0. The maximum atomic E-state index is 11.3. The molecule has 0 aromatic rings. The third-order valence-corrected chi connectivity index (χ3v) is 2.53. The average Bonchev–Trinajstić information content (AvgIpc) is 2.01. The maximum absolute atomic E-state index is 11.3. The first-order chi connectivity index (χ1) is 5.67. The Kier molecular flexibility index (Phi) is 2.35. The van der Waals surface area contributed by atoms with E-state index in [4.69, 9.17) is 0 Å². The fraction of sp³-hybridized carbons (Fsp3) is 0.750. The van der Waals surface area contributed by atoms with Gasteiger partial charge in [0, 0.05) is 14.1 Å². The van der Waals surface area contributed by atoms with Gasteiger partial charge in [-0.05, 0) is 12.8 Å². The zero-order valence-electron chi connectivity index (χ0n) is 7.44. The van der Waals surface area contributed by atoms with Crippen LogP contribution in [-0.2, 0) is 9.59 Å². The van der Waals surface area contributed by atoms with Crippen LogP contribution >= 0.6 is 0 Å². The highest BCUT2D eigenvalue weighted by Gasteiger charge is 2.49. The van der Waals surface area contributed by atoms with Gasteiger partial charge in [-0.25, -0.2) is 0 Å². The molecule has 1 fully saturated rings. The minimum Gasteiger partial charge on any atom is -0.358 e. The second kappa shape index (κ2) is 3.13. The van der Waals surface area contributed by atoms with Crippen LogP contribution in [0.4, 0.5) is 0 Å². The van der Waals surface area contributed by atoms with E-state index in [9.17, 15) is 9.59 Å². The Morgan fingerprint density at radius 1 is 1.08 bits per heavy atom. The molecule has 0 saturated heterocycles. The average molecular weight is 170 g/mol. The monoisotopic (exact) mass is 170 g/mol. The molecular formula is C8H14N2O2. The first kappa shape index (κ1) is 9.03. The molecule has 1 aliphatic rings. The molecule has 0 spiro atoms. The number of carbonyl (C=O) groups excluding carboxylic acids is 2. The molecule has 0 heterocycles. The second-order valence-corrected chi connectivity index (χ2v) is 3.09. The van der Waals surface area contributed by atoms with Crippen LogP contribution in [0, 0.1) is 5.41 Å². The summed E-state index contributed by atoms with van der Waals surface area (Å²) in [5, 5.41) is 5.05. The van der Waals surface area contributed by atoms with E-state index in [1.807, 2.05) is 0 Å². The third-order valence-electron chi connectivity index (χ3n) is 2.53. The van der Waals surface area contributed by atoms with Crippen LogP contribution in [0.25, 0.3) is 0 Å². The fourth-order valence-electron chi connectivity index (χ4n) is 1.57. The molecule has 68 valence electrons. The van der Waals surface area contributed by atoms with Crippen molar-refractivity contribution in [3.63, 3.8) is 0 Å². The van der Waals surface area contributed by atoms with E-state index < -0.39 is 5.41 Å². The summed E-state index contributed by atoms with van der Waals surface area (Å²) in [7, 11) is 3.12. The Balaban J connectivity index is 2.75. The van der Waals surface area contributed by atoms with Crippen LogP contribution in [0.15, 0.2) is 0 Å². The van der Waals surface area contributed by atoms with Crippen LogP contribution in [0.1, 0.15) is 19.3 Å². The van der Waals surface area contributed by atoms with Crippen molar-refractivity contribution in [2.24, 2.45) is 5.41 Å². The molecule has 0 radical (unpaired) electrons. The predicted molar refractivity (Wildman–Crippen MR) is 44.4 cm³/mol. The van der Waals surface area contributed by atoms with E-state index in [0.29, 0.717) is 12.8 Å². The van der Waals surface area contributed by atoms with Gasteiger partial charge in [0.2, 0.25) is 11.8 Å². The van der Waals surface area contributed by atoms with Crippen molar-refractivity contribution in [2.75, 3.05) is 14.1 Å². The molecule has 0 atom stereocenters. The summed E-state index contributed by atoms with van der Waals surface area (Å²) in [4.78, 5) is 22.7. The molecule has 12 heavy (non-hydrogen) atoms. The standard InChI is InChI=1S/C8H14N2O2/c1-9-6(11)8(4-3-5-8)7(12)10-2/h3-5H2,1-2H3,(H,9,11)(H,10,12). The minimum atomic E-state index is -0.760. The molecule has 0 aromatic carbocycles. The van der Waals surface area contributed by atoms with Crippen molar-refractivity contribution in [3.8, 4) is 0 Å². The van der Waals surface area contributed by atoms with E-state index in [1.165, 1.54) is 0 Å². The predicted octanol–water partition coefficient (Wildman–Crippen LogP) is -0.351. The highest BCUT2D eigenvalue weighted by molar-refractivity contribution is 6.05. The van der Waals surface area contributed by atoms with Crippen LogP contribution in [0.2, 0.25) is 0 Å². The van der Waals surface area contributed by atoms with Gasteiger partial charge in [-0.1, -0.05) is 6.42 Å². The summed E-state index contributed by atoms with van der Waals surface area (Å²) in [6.07, 6.45) is 2.31. The van der Waals surface area contributed by atoms with Crippen molar-refractivity contribution >= 4 is 11.8 Å². The molecule has 4 nitrogen and oxygen atoms in total. The summed E-state index contributed by atoms with van der Waals surface area (Å²) in [5.41, 5.74) is -0.760. The van der Waals surface area contributed by atoms with Gasteiger partial charge in [-0.3, -0.25) is 9.59 Å². The van der Waals surface area contributed by atoms with E-state index in [2.05, 4.69) is 10.6 Å². The Bertz CT molecular complexity index is 191. The van der Waals surface area contributed by atoms with E-state index in [0.717, 1.165) is 6.42 Å². The quantitative estimate of drug-likeness (QED) is 0.556. The smallest absolute Gasteiger partial charge is 0.235 e. The molecule has 2 amide bonds. The largest absolute Gasteiger partial charge is 0.358 e. The number of nitrogens with one attached hydrogen (secondary N) is 2. The second-order valence-electron chi connectivity index (χ2n) is 3.09. The summed E-state index contributed by atoms with van der Waals surface area (Å²) >= 11 is 0. The van der Waals surface area contributed by atoms with Crippen LogP contribution in [-0.4, -0.2) is 25.9 Å². The van der Waals surface area contributed by atoms with Gasteiger partial charge in [-0.15, -0.1) is 0 Å². The molecule has 4 heteroatoms. The maximum Gasteiger partial charge on any atom is 0.235 e. The number of hydrogen-bond acceptors (Lipinski definition) is 2. The molecule has 1 saturated carbocycles. The third kappa shape index (κ3) is 1.07. The van der Waals surface area contributed by atoms with Gasteiger partial charge in [0.1, 0.15) is 5.41 Å². The van der Waals surface area contributed by atoms with Crippen molar-refractivity contribution in [1.82, 2.24) is 10.6 Å². The van der Waals surface area contributed by atoms with Gasteiger partial charge in [0.15, 0.2) is 0 Å². The Morgan fingerprint density at radius 3 is 1.67 bits per heavy atom. The number of carbonyl (C=O) groups is 2. The number of rotatable bonds is 2. The zero-order valence-corrected chi connectivity index (χ0v) is 7.44. The van der Waals surface area contributed by atoms with Gasteiger partial charge in [0.05, 0.1) is 0 Å². The molecule has 0 bridgehead atoms. The molecule has 1 rings (SSSR count). The van der Waals surface area contributed by atoms with Crippen LogP contribution in [0.3, 0.4) is 0 Å². The lowest BCUT2D eigenvalue weighted by atomic mass is 9.67. The molecular weight excluding hydrogens is 156 g/mol. The fourth-order valence-corrected chi connectivity index (χ4v) is 1.57. The highest BCUT2D eigenvalue weighted by atomic mass is 16.2. The van der Waals surface area contributed by atoms with Crippen LogP contribution < -0.4 is 10.6 Å². The lowest BCUT2D eigenvalue weighted by Gasteiger charge is -2.37. The number of amides is 2. The Hall–Kier alpha value is -1.06. The van der Waals surface area contributed by atoms with Crippen molar-refractivity contribution in [3.05, 3.63) is 0 Å². The highest BCUT2D eigenvalue weighted by Crippen LogP contribution is 2.41. The zero-order chi connectivity index (χ0) is 9.19. The van der Waals surface area contributed by atoms with Gasteiger partial charge < -0.3 is 10.6 Å². The van der Waals surface area contributed by atoms with Gasteiger partial charge in [0.25, 0.3) is 0 Å². The van der Waals surface area contributed by atoms with Crippen LogP contribution in [0.5, 0.6) is 0 Å². The molecule has 2 N–H and O–H groups in total. The van der Waals surface area contributed by atoms with Gasteiger partial charge in [-0.2, -0.15) is 0 Å². The van der Waals surface area contributed by atoms with Crippen molar-refractivity contribution in [2.45, 2.75) is 19.3 Å². The SMILES string of the molecule is CNC(=O)C1(C(=O)NC)CCC1. The minimum absolute atomic E-state index is 0.159. The lowest BCUT2D eigenvalue weighted by molar-refractivity contribution is -0.148. The van der Waals surface area contributed by atoms with Crippen molar-refractivity contribution < 1.29 is 9.59 Å². The first-order valence-electron chi connectivity index (χ1n) is 4.12. The lowest BCUT2D eigenvalue weighted by Crippen LogP contribution is -2.53. The Labute approximate surface area is 71.7 Å².